The predicted molar refractivity (Wildman–Crippen MR) is 232 cm³/mol. The quantitative estimate of drug-likeness (QED) is 0.0425. The number of amides is 2. The van der Waals surface area contributed by atoms with Crippen LogP contribution in [0.25, 0.3) is 0 Å². The van der Waals surface area contributed by atoms with Crippen LogP contribution in [-0.4, -0.2) is 116 Å². The molecule has 0 bridgehead atoms. The van der Waals surface area contributed by atoms with E-state index in [0.29, 0.717) is 32.4 Å². The molecule has 0 N–H and O–H groups in total. The molecule has 2 aliphatic rings. The summed E-state index contributed by atoms with van der Waals surface area (Å²) in [5, 5.41) is 24.5. The maximum atomic E-state index is 13.8. The second-order valence-electron chi connectivity index (χ2n) is 13.3. The first-order chi connectivity index (χ1) is 27.5. The third kappa shape index (κ3) is 11.9. The van der Waals surface area contributed by atoms with Crippen molar-refractivity contribution in [3.05, 3.63) is 55.6 Å². The molecule has 0 saturated carbocycles. The van der Waals surface area contributed by atoms with Gasteiger partial charge in [-0.25, -0.2) is 0 Å². The van der Waals surface area contributed by atoms with Gasteiger partial charge in [-0.15, -0.1) is 47.0 Å². The highest BCUT2D eigenvalue weighted by atomic mass is 32.2. The van der Waals surface area contributed by atoms with E-state index in [-0.39, 0.29) is 91.8 Å². The van der Waals surface area contributed by atoms with Gasteiger partial charge < -0.3 is 28.7 Å². The maximum Gasteiger partial charge on any atom is 0.286 e. The fourth-order valence-electron chi connectivity index (χ4n) is 7.20. The number of nitrogens with zero attached hydrogens (tertiary/aromatic N) is 4. The molecule has 2 heterocycles. The molecule has 0 radical (unpaired) electrons. The molecule has 2 aliphatic heterocycles. The van der Waals surface area contributed by atoms with E-state index >= 15 is 0 Å². The van der Waals surface area contributed by atoms with E-state index in [9.17, 15) is 29.8 Å². The molecule has 2 fully saturated rings. The summed E-state index contributed by atoms with van der Waals surface area (Å²) in [5.74, 6) is 3.72. The second-order valence-corrected chi connectivity index (χ2v) is 19.6. The average Bonchev–Trinajstić information content (AvgIpc) is 3.90. The van der Waals surface area contributed by atoms with Crippen molar-refractivity contribution in [2.45, 2.75) is 93.9 Å². The van der Waals surface area contributed by atoms with Crippen molar-refractivity contribution < 1.29 is 38.4 Å². The average molecular weight is 869 g/mol. The van der Waals surface area contributed by atoms with Gasteiger partial charge in [-0.2, -0.15) is 0 Å². The molecule has 0 aliphatic carbocycles. The van der Waals surface area contributed by atoms with Gasteiger partial charge in [-0.05, 0) is 68.0 Å². The number of likely N-dealkylation sites (tertiary alicyclic amines) is 2. The number of nitro benzene ring substituents is 2. The van der Waals surface area contributed by atoms with Crippen molar-refractivity contribution in [3.8, 4) is 23.0 Å². The second kappa shape index (κ2) is 23.4. The van der Waals surface area contributed by atoms with Crippen LogP contribution in [0, 0.1) is 20.2 Å². The summed E-state index contributed by atoms with van der Waals surface area (Å²) < 4.78 is 23.3. The Kier molecular flexibility index (Phi) is 19.1. The number of unbranched alkanes of at least 4 members (excludes halogenated alkanes) is 2. The van der Waals surface area contributed by atoms with Gasteiger partial charge in [-0.1, -0.05) is 27.7 Å². The summed E-state index contributed by atoms with van der Waals surface area (Å²) in [6, 6.07) is 5.33. The van der Waals surface area contributed by atoms with Crippen LogP contribution < -0.4 is 18.9 Å². The number of thioether (sulfide) groups is 4. The van der Waals surface area contributed by atoms with Gasteiger partial charge in [0.15, 0.2) is 23.0 Å². The molecule has 2 saturated heterocycles. The van der Waals surface area contributed by atoms with E-state index < -0.39 is 9.85 Å². The summed E-state index contributed by atoms with van der Waals surface area (Å²) in [6.45, 7) is 9.89. The first-order valence-electron chi connectivity index (χ1n) is 19.6. The van der Waals surface area contributed by atoms with Gasteiger partial charge in [0.25, 0.3) is 23.2 Å². The Labute approximate surface area is 352 Å². The SMILES string of the molecule is CCSC(SCC)[C@@H]1CCCN1C(=O)c1cc(OC)c(OCCCCCOc2cc([N+](=O)[O-])c(C(=O)N3CCC[C@H]3C(SCC)SCC)cc2OC)cc1[N+](=O)[O-]. The molecule has 0 spiro atoms. The summed E-state index contributed by atoms with van der Waals surface area (Å²) in [4.78, 5) is 54.6. The van der Waals surface area contributed by atoms with Crippen LogP contribution in [0.3, 0.4) is 0 Å². The Morgan fingerprint density at radius 2 is 1.02 bits per heavy atom. The van der Waals surface area contributed by atoms with Crippen molar-refractivity contribution in [2.24, 2.45) is 0 Å². The number of carbonyl (C=O) groups excluding carboxylic acids is 2. The van der Waals surface area contributed by atoms with Crippen LogP contribution in [0.2, 0.25) is 0 Å². The molecule has 57 heavy (non-hydrogen) atoms. The van der Waals surface area contributed by atoms with Crippen LogP contribution in [0.15, 0.2) is 24.3 Å². The van der Waals surface area contributed by atoms with Crippen molar-refractivity contribution in [1.29, 1.82) is 0 Å². The Hall–Kier alpha value is -3.22. The molecule has 2 aromatic carbocycles. The summed E-state index contributed by atoms with van der Waals surface area (Å²) in [6.07, 6.45) is 5.17. The number of carbonyl (C=O) groups is 2. The minimum atomic E-state index is -0.556. The van der Waals surface area contributed by atoms with Crippen molar-refractivity contribution >= 4 is 70.2 Å². The Morgan fingerprint density at radius 1 is 0.649 bits per heavy atom. The van der Waals surface area contributed by atoms with E-state index in [1.807, 2.05) is 0 Å². The monoisotopic (exact) mass is 868 g/mol. The lowest BCUT2D eigenvalue weighted by atomic mass is 10.1. The molecule has 18 heteroatoms. The number of hydrogen-bond acceptors (Lipinski definition) is 14. The van der Waals surface area contributed by atoms with E-state index in [2.05, 4.69) is 27.7 Å². The number of ether oxygens (including phenoxy) is 4. The van der Waals surface area contributed by atoms with Gasteiger partial charge in [0.1, 0.15) is 11.1 Å². The number of nitro groups is 2. The molecule has 2 aromatic rings. The van der Waals surface area contributed by atoms with Gasteiger partial charge >= 0.3 is 0 Å². The molecule has 14 nitrogen and oxygen atoms in total. The zero-order valence-electron chi connectivity index (χ0n) is 33.7. The van der Waals surface area contributed by atoms with E-state index in [4.69, 9.17) is 18.9 Å². The fourth-order valence-corrected chi connectivity index (χ4v) is 12.9. The topological polar surface area (TPSA) is 164 Å². The number of hydrogen-bond donors (Lipinski definition) is 0. The molecular weight excluding hydrogens is 813 g/mol. The summed E-state index contributed by atoms with van der Waals surface area (Å²) in [5.41, 5.74) is -0.698. The molecule has 316 valence electrons. The van der Waals surface area contributed by atoms with Crippen molar-refractivity contribution in [3.63, 3.8) is 0 Å². The van der Waals surface area contributed by atoms with Crippen molar-refractivity contribution in [2.75, 3.05) is 63.5 Å². The number of rotatable bonds is 24. The highest BCUT2D eigenvalue weighted by molar-refractivity contribution is 8.17. The Balaban J connectivity index is 1.37. The van der Waals surface area contributed by atoms with Crippen LogP contribution in [-0.2, 0) is 0 Å². The minimum Gasteiger partial charge on any atom is -0.493 e. The molecule has 0 aromatic heterocycles. The van der Waals surface area contributed by atoms with E-state index in [0.717, 1.165) is 48.7 Å². The number of methoxy groups -OCH3 is 2. The normalized spacial score (nSPS) is 16.7. The van der Waals surface area contributed by atoms with Gasteiger partial charge in [-0.3, -0.25) is 29.8 Å². The molecule has 2 amide bonds. The molecule has 4 rings (SSSR count). The molecule has 2 atom stereocenters. The Bertz CT molecular complexity index is 1560. The number of benzene rings is 2. The lowest BCUT2D eigenvalue weighted by molar-refractivity contribution is -0.385. The smallest absolute Gasteiger partial charge is 0.286 e. The van der Waals surface area contributed by atoms with Crippen molar-refractivity contribution in [1.82, 2.24) is 9.80 Å². The zero-order valence-corrected chi connectivity index (χ0v) is 37.0. The van der Waals surface area contributed by atoms with Crippen LogP contribution in [0.5, 0.6) is 23.0 Å². The minimum absolute atomic E-state index is 0.0158. The lowest BCUT2D eigenvalue weighted by Gasteiger charge is -2.31. The highest BCUT2D eigenvalue weighted by Crippen LogP contribution is 2.41. The van der Waals surface area contributed by atoms with E-state index in [1.165, 1.54) is 38.5 Å². The highest BCUT2D eigenvalue weighted by Gasteiger charge is 2.40. The predicted octanol–water partition coefficient (Wildman–Crippen LogP) is 9.02. The largest absolute Gasteiger partial charge is 0.493 e. The fraction of sp³-hybridized carbons (Fsp3) is 0.641. The Morgan fingerprint density at radius 3 is 1.33 bits per heavy atom. The first-order valence-corrected chi connectivity index (χ1v) is 23.8. The molecule has 0 unspecified atom stereocenters. The van der Waals surface area contributed by atoms with Crippen LogP contribution in [0.4, 0.5) is 11.4 Å². The van der Waals surface area contributed by atoms with Gasteiger partial charge in [0, 0.05) is 25.2 Å². The zero-order chi connectivity index (χ0) is 41.5. The van der Waals surface area contributed by atoms with Gasteiger partial charge in [0.05, 0.1) is 70.7 Å². The van der Waals surface area contributed by atoms with Crippen LogP contribution in [0.1, 0.15) is 93.4 Å². The summed E-state index contributed by atoms with van der Waals surface area (Å²) in [7, 11) is 2.87. The van der Waals surface area contributed by atoms with Gasteiger partial charge in [0.2, 0.25) is 0 Å². The first kappa shape index (κ1) is 46.5. The standard InChI is InChI=1S/C39H56N4O10S4/c1-7-54-38(55-8-2)28-16-14-18-40(28)36(44)26-22-32(50-5)34(24-30(26)42(46)47)52-20-12-11-13-21-53-35-25-31(43(48)49)27(23-33(35)51-6)37(45)41-19-15-17-29(41)39(56-9-3)57-10-4/h22-25,28-29,38-39H,7-21H2,1-6H3/t28-,29-/m0/s1. The van der Waals surface area contributed by atoms with Crippen LogP contribution >= 0.6 is 47.0 Å². The third-order valence-corrected chi connectivity index (χ3v) is 15.3. The summed E-state index contributed by atoms with van der Waals surface area (Å²) >= 11 is 7.20. The van der Waals surface area contributed by atoms with E-state index in [1.54, 1.807) is 56.8 Å². The molecular formula is C39H56N4O10S4. The third-order valence-electron chi connectivity index (χ3n) is 9.79. The lowest BCUT2D eigenvalue weighted by Crippen LogP contribution is -2.41. The maximum absolute atomic E-state index is 13.8.